The third-order valence-electron chi connectivity index (χ3n) is 2.62. The van der Waals surface area contributed by atoms with Gasteiger partial charge in [-0.15, -0.1) is 6.58 Å². The van der Waals surface area contributed by atoms with Gasteiger partial charge in [-0.1, -0.05) is 24.3 Å². The van der Waals surface area contributed by atoms with E-state index in [1.54, 1.807) is 31.2 Å². The van der Waals surface area contributed by atoms with E-state index in [-0.39, 0.29) is 17.8 Å². The average molecular weight is 250 g/mol. The van der Waals surface area contributed by atoms with E-state index >= 15 is 0 Å². The first-order valence-corrected chi connectivity index (χ1v) is 6.00. The first-order chi connectivity index (χ1) is 8.65. The first kappa shape index (κ1) is 14.4. The van der Waals surface area contributed by atoms with Crippen molar-refractivity contribution in [1.82, 2.24) is 10.6 Å². The molecule has 0 aliphatic heterocycles. The quantitative estimate of drug-likeness (QED) is 0.722. The van der Waals surface area contributed by atoms with Crippen molar-refractivity contribution in [2.75, 3.05) is 13.1 Å². The molecule has 0 saturated carbocycles. The van der Waals surface area contributed by atoms with Gasteiger partial charge < -0.3 is 10.6 Å². The van der Waals surface area contributed by atoms with Crippen molar-refractivity contribution >= 4 is 5.91 Å². The van der Waals surface area contributed by atoms with Crippen LogP contribution in [0.2, 0.25) is 0 Å². The molecule has 1 aromatic rings. The Hall–Kier alpha value is -1.68. The molecule has 4 heteroatoms. The molecule has 1 atom stereocenters. The van der Waals surface area contributed by atoms with Gasteiger partial charge in [0.2, 0.25) is 5.91 Å². The van der Waals surface area contributed by atoms with E-state index in [0.29, 0.717) is 25.1 Å². The molecule has 0 saturated heterocycles. The lowest BCUT2D eigenvalue weighted by Crippen LogP contribution is -2.42. The summed E-state index contributed by atoms with van der Waals surface area (Å²) in [4.78, 5) is 11.5. The number of benzene rings is 1. The molecule has 1 amide bonds. The molecule has 0 heterocycles. The van der Waals surface area contributed by atoms with Gasteiger partial charge in [-0.05, 0) is 25.0 Å². The molecule has 0 radical (unpaired) electrons. The Balaban J connectivity index is 2.31. The summed E-state index contributed by atoms with van der Waals surface area (Å²) in [6.07, 6.45) is 2.19. The van der Waals surface area contributed by atoms with E-state index in [2.05, 4.69) is 17.2 Å². The minimum absolute atomic E-state index is 0.0802. The van der Waals surface area contributed by atoms with Crippen molar-refractivity contribution in [2.45, 2.75) is 19.4 Å². The summed E-state index contributed by atoms with van der Waals surface area (Å²) in [5, 5.41) is 5.75. The van der Waals surface area contributed by atoms with Crippen LogP contribution in [0.25, 0.3) is 0 Å². The van der Waals surface area contributed by atoms with Crippen LogP contribution in [0.4, 0.5) is 4.39 Å². The van der Waals surface area contributed by atoms with Crippen LogP contribution in [0.3, 0.4) is 0 Å². The number of amides is 1. The topological polar surface area (TPSA) is 41.1 Å². The van der Waals surface area contributed by atoms with Crippen molar-refractivity contribution in [2.24, 2.45) is 0 Å². The van der Waals surface area contributed by atoms with Crippen LogP contribution >= 0.6 is 0 Å². The third kappa shape index (κ3) is 4.67. The summed E-state index contributed by atoms with van der Waals surface area (Å²) in [5.41, 5.74) is 0.656. The van der Waals surface area contributed by atoms with Crippen molar-refractivity contribution in [3.8, 4) is 0 Å². The summed E-state index contributed by atoms with van der Waals surface area (Å²) in [6, 6.07) is 6.36. The second-order valence-electron chi connectivity index (χ2n) is 4.05. The molecule has 2 N–H and O–H groups in total. The van der Waals surface area contributed by atoms with E-state index in [0.717, 1.165) is 0 Å². The largest absolute Gasteiger partial charge is 0.351 e. The van der Waals surface area contributed by atoms with E-state index < -0.39 is 0 Å². The number of nitrogens with one attached hydrogen (secondary N) is 2. The van der Waals surface area contributed by atoms with Gasteiger partial charge in [0.05, 0.1) is 6.04 Å². The fraction of sp³-hybridized carbons (Fsp3) is 0.357. The van der Waals surface area contributed by atoms with Crippen LogP contribution in [0.15, 0.2) is 36.9 Å². The van der Waals surface area contributed by atoms with E-state index in [4.69, 9.17) is 0 Å². The highest BCUT2D eigenvalue weighted by Gasteiger charge is 2.10. The average Bonchev–Trinajstić information content (AvgIpc) is 2.38. The zero-order chi connectivity index (χ0) is 13.4. The first-order valence-electron chi connectivity index (χ1n) is 6.00. The Morgan fingerprint density at radius 1 is 1.50 bits per heavy atom. The fourth-order valence-electron chi connectivity index (χ4n) is 1.54. The summed E-state index contributed by atoms with van der Waals surface area (Å²) >= 11 is 0. The van der Waals surface area contributed by atoms with Crippen LogP contribution in [0, 0.1) is 5.82 Å². The number of hydrogen-bond acceptors (Lipinski definition) is 2. The summed E-state index contributed by atoms with van der Waals surface area (Å²) in [7, 11) is 0. The van der Waals surface area contributed by atoms with Crippen LogP contribution in [0.1, 0.15) is 12.5 Å². The van der Waals surface area contributed by atoms with Gasteiger partial charge >= 0.3 is 0 Å². The smallest absolute Gasteiger partial charge is 0.237 e. The van der Waals surface area contributed by atoms with E-state index in [1.165, 1.54) is 6.07 Å². The lowest BCUT2D eigenvalue weighted by Gasteiger charge is -2.13. The molecule has 0 spiro atoms. The zero-order valence-corrected chi connectivity index (χ0v) is 10.6. The maximum Gasteiger partial charge on any atom is 0.237 e. The molecule has 0 fully saturated rings. The molecule has 98 valence electrons. The van der Waals surface area contributed by atoms with Crippen molar-refractivity contribution < 1.29 is 9.18 Å². The van der Waals surface area contributed by atoms with Gasteiger partial charge in [0, 0.05) is 13.1 Å². The number of rotatable bonds is 7. The van der Waals surface area contributed by atoms with Gasteiger partial charge in [0.25, 0.3) is 0 Å². The molecule has 18 heavy (non-hydrogen) atoms. The molecule has 1 rings (SSSR count). The molecular weight excluding hydrogens is 231 g/mol. The number of carbonyl (C=O) groups excluding carboxylic acids is 1. The summed E-state index contributed by atoms with van der Waals surface area (Å²) < 4.78 is 13.3. The molecular formula is C14H19FN2O. The predicted octanol–water partition coefficient (Wildman–Crippen LogP) is 1.65. The number of halogens is 1. The molecule has 3 nitrogen and oxygen atoms in total. The highest BCUT2D eigenvalue weighted by molar-refractivity contribution is 5.81. The molecule has 1 unspecified atom stereocenters. The zero-order valence-electron chi connectivity index (χ0n) is 10.6. The third-order valence-corrected chi connectivity index (χ3v) is 2.62. The van der Waals surface area contributed by atoms with E-state index in [9.17, 15) is 9.18 Å². The Labute approximate surface area is 107 Å². The number of carbonyl (C=O) groups is 1. The van der Waals surface area contributed by atoms with E-state index in [1.807, 2.05) is 0 Å². The van der Waals surface area contributed by atoms with Gasteiger partial charge in [-0.2, -0.15) is 0 Å². The Bertz CT molecular complexity index is 407. The SMILES string of the molecule is C=CCNC(=O)C(C)NCCc1ccccc1F. The molecule has 0 aliphatic rings. The normalized spacial score (nSPS) is 11.9. The summed E-state index contributed by atoms with van der Waals surface area (Å²) in [5.74, 6) is -0.286. The van der Waals surface area contributed by atoms with Gasteiger partial charge in [-0.25, -0.2) is 4.39 Å². The van der Waals surface area contributed by atoms with Crippen molar-refractivity contribution in [1.29, 1.82) is 0 Å². The van der Waals surface area contributed by atoms with Gasteiger partial charge in [-0.3, -0.25) is 4.79 Å². The molecule has 0 bridgehead atoms. The van der Waals surface area contributed by atoms with Gasteiger partial charge in [0.1, 0.15) is 5.82 Å². The lowest BCUT2D eigenvalue weighted by molar-refractivity contribution is -0.122. The summed E-state index contributed by atoms with van der Waals surface area (Å²) in [6.45, 7) is 6.32. The minimum atomic E-state index is -0.295. The Morgan fingerprint density at radius 2 is 2.22 bits per heavy atom. The molecule has 0 aliphatic carbocycles. The Kier molecular flexibility index (Phi) is 6.08. The monoisotopic (exact) mass is 250 g/mol. The second-order valence-corrected chi connectivity index (χ2v) is 4.05. The minimum Gasteiger partial charge on any atom is -0.351 e. The van der Waals surface area contributed by atoms with Crippen LogP contribution < -0.4 is 10.6 Å². The molecule has 1 aromatic carbocycles. The second kappa shape index (κ2) is 7.61. The highest BCUT2D eigenvalue weighted by atomic mass is 19.1. The van der Waals surface area contributed by atoms with Crippen LogP contribution in [0.5, 0.6) is 0 Å². The van der Waals surface area contributed by atoms with Crippen LogP contribution in [-0.2, 0) is 11.2 Å². The number of hydrogen-bond donors (Lipinski definition) is 2. The van der Waals surface area contributed by atoms with Crippen LogP contribution in [-0.4, -0.2) is 25.0 Å². The predicted molar refractivity (Wildman–Crippen MR) is 70.8 cm³/mol. The fourth-order valence-corrected chi connectivity index (χ4v) is 1.54. The molecule has 0 aromatic heterocycles. The van der Waals surface area contributed by atoms with Crippen molar-refractivity contribution in [3.05, 3.63) is 48.3 Å². The Morgan fingerprint density at radius 3 is 2.89 bits per heavy atom. The maximum absolute atomic E-state index is 13.3. The standard InChI is InChI=1S/C14H19FN2O/c1-3-9-17-14(18)11(2)16-10-8-12-6-4-5-7-13(12)15/h3-7,11,16H,1,8-10H2,2H3,(H,17,18). The van der Waals surface area contributed by atoms with Gasteiger partial charge in [0.15, 0.2) is 0 Å². The van der Waals surface area contributed by atoms with Crippen molar-refractivity contribution in [3.63, 3.8) is 0 Å². The lowest BCUT2D eigenvalue weighted by atomic mass is 10.1. The maximum atomic E-state index is 13.3. The highest BCUT2D eigenvalue weighted by Crippen LogP contribution is 2.06.